The number of fused-ring (bicyclic) bond motifs is 1. The van der Waals surface area contributed by atoms with Crippen LogP contribution in [-0.2, 0) is 16.0 Å². The van der Waals surface area contributed by atoms with E-state index in [0.29, 0.717) is 19.6 Å². The number of ether oxygens (including phenoxy) is 2. The number of hydrogen-bond acceptors (Lipinski definition) is 4. The molecule has 0 unspecified atom stereocenters. The van der Waals surface area contributed by atoms with E-state index in [-0.39, 0.29) is 0 Å². The van der Waals surface area contributed by atoms with Crippen molar-refractivity contribution in [3.63, 3.8) is 0 Å². The Labute approximate surface area is 157 Å². The van der Waals surface area contributed by atoms with Crippen molar-refractivity contribution >= 4 is 16.9 Å². The maximum Gasteiger partial charge on any atom is 0.320 e. The zero-order valence-corrected chi connectivity index (χ0v) is 15.3. The Morgan fingerprint density at radius 3 is 2.67 bits per heavy atom. The molecule has 0 saturated carbocycles. The van der Waals surface area contributed by atoms with Crippen molar-refractivity contribution in [2.24, 2.45) is 5.73 Å². The third-order valence-electron chi connectivity index (χ3n) is 4.45. The van der Waals surface area contributed by atoms with Gasteiger partial charge in [-0.15, -0.1) is 0 Å². The fraction of sp³-hybridized carbons (Fsp3) is 0.286. The molecule has 0 aliphatic heterocycles. The molecule has 27 heavy (non-hydrogen) atoms. The zero-order valence-electron chi connectivity index (χ0n) is 15.3. The number of nitrogens with two attached hydrogens (primary N) is 1. The van der Waals surface area contributed by atoms with Crippen molar-refractivity contribution in [2.45, 2.75) is 18.9 Å². The van der Waals surface area contributed by atoms with Crippen LogP contribution in [0.3, 0.4) is 0 Å². The van der Waals surface area contributed by atoms with Crippen LogP contribution < -0.4 is 10.5 Å². The van der Waals surface area contributed by atoms with E-state index >= 15 is 0 Å². The van der Waals surface area contributed by atoms with Gasteiger partial charge < -0.3 is 25.3 Å². The molecule has 6 nitrogen and oxygen atoms in total. The van der Waals surface area contributed by atoms with Gasteiger partial charge in [0, 0.05) is 42.8 Å². The third-order valence-corrected chi connectivity index (χ3v) is 4.45. The van der Waals surface area contributed by atoms with Gasteiger partial charge in [0.2, 0.25) is 0 Å². The topological polar surface area (TPSA) is 97.6 Å². The maximum absolute atomic E-state index is 10.9. The molecule has 3 rings (SSSR count). The van der Waals surface area contributed by atoms with Crippen LogP contribution in [0.15, 0.2) is 48.7 Å². The van der Waals surface area contributed by atoms with E-state index in [1.165, 1.54) is 0 Å². The molecule has 1 aromatic heterocycles. The first-order chi connectivity index (χ1) is 13.1. The van der Waals surface area contributed by atoms with Crippen LogP contribution >= 0.6 is 0 Å². The standard InChI is InChI=1S/C21H24N2O4/c1-26-9-2-10-27-16-7-8-20-17(12-16)18(13-23-20)15-5-3-14(4-6-15)11-19(22)21(24)25/h3-8,12-13,19,23H,2,9-11,22H2,1H3,(H,24,25)/t19-/m0/s1. The lowest BCUT2D eigenvalue weighted by molar-refractivity contribution is -0.138. The van der Waals surface area contributed by atoms with E-state index in [1.807, 2.05) is 48.7 Å². The average molecular weight is 368 g/mol. The first kappa shape index (κ1) is 18.9. The SMILES string of the molecule is COCCCOc1ccc2[nH]cc(-c3ccc(C[C@H](N)C(=O)O)cc3)c2c1. The lowest BCUT2D eigenvalue weighted by Gasteiger charge is -2.08. The number of methoxy groups -OCH3 is 1. The van der Waals surface area contributed by atoms with Crippen LogP contribution in [0.25, 0.3) is 22.0 Å². The van der Waals surface area contributed by atoms with Gasteiger partial charge in [0.25, 0.3) is 0 Å². The Morgan fingerprint density at radius 1 is 1.19 bits per heavy atom. The first-order valence-electron chi connectivity index (χ1n) is 8.89. The van der Waals surface area contributed by atoms with Crippen LogP contribution in [0.1, 0.15) is 12.0 Å². The molecular formula is C21H24N2O4. The minimum Gasteiger partial charge on any atom is -0.493 e. The summed E-state index contributed by atoms with van der Waals surface area (Å²) in [7, 11) is 1.68. The first-order valence-corrected chi connectivity index (χ1v) is 8.89. The molecule has 4 N–H and O–H groups in total. The van der Waals surface area contributed by atoms with Gasteiger partial charge in [-0.25, -0.2) is 0 Å². The van der Waals surface area contributed by atoms with Gasteiger partial charge in [-0.05, 0) is 35.7 Å². The summed E-state index contributed by atoms with van der Waals surface area (Å²) < 4.78 is 10.8. The van der Waals surface area contributed by atoms with E-state index in [0.717, 1.165) is 39.8 Å². The highest BCUT2D eigenvalue weighted by atomic mass is 16.5. The highest BCUT2D eigenvalue weighted by Crippen LogP contribution is 2.31. The second-order valence-electron chi connectivity index (χ2n) is 6.45. The summed E-state index contributed by atoms with van der Waals surface area (Å²) in [5.74, 6) is -0.169. The Bertz CT molecular complexity index is 902. The molecule has 0 amide bonds. The minimum atomic E-state index is -0.992. The number of aliphatic carboxylic acids is 1. The monoisotopic (exact) mass is 368 g/mol. The summed E-state index contributed by atoms with van der Waals surface area (Å²) in [6.07, 6.45) is 3.12. The second-order valence-corrected chi connectivity index (χ2v) is 6.45. The molecule has 0 aliphatic carbocycles. The Morgan fingerprint density at radius 2 is 1.96 bits per heavy atom. The summed E-state index contributed by atoms with van der Waals surface area (Å²) in [6.45, 7) is 1.28. The summed E-state index contributed by atoms with van der Waals surface area (Å²) in [5.41, 5.74) is 9.65. The number of nitrogens with one attached hydrogen (secondary N) is 1. The van der Waals surface area contributed by atoms with Crippen molar-refractivity contribution in [3.8, 4) is 16.9 Å². The molecule has 2 aromatic carbocycles. The fourth-order valence-electron chi connectivity index (χ4n) is 2.98. The van der Waals surface area contributed by atoms with Crippen molar-refractivity contribution in [3.05, 3.63) is 54.2 Å². The lowest BCUT2D eigenvalue weighted by Crippen LogP contribution is -2.32. The number of aromatic nitrogens is 1. The number of carbonyl (C=O) groups is 1. The summed E-state index contributed by atoms with van der Waals surface area (Å²) in [5, 5.41) is 10.0. The van der Waals surface area contributed by atoms with E-state index in [1.54, 1.807) is 7.11 Å². The normalized spacial score (nSPS) is 12.2. The van der Waals surface area contributed by atoms with Crippen molar-refractivity contribution in [1.82, 2.24) is 4.98 Å². The molecule has 6 heteroatoms. The highest BCUT2D eigenvalue weighted by molar-refractivity contribution is 5.96. The molecule has 0 saturated heterocycles. The number of benzene rings is 2. The summed E-state index contributed by atoms with van der Waals surface area (Å²) in [4.78, 5) is 14.2. The number of hydrogen-bond donors (Lipinski definition) is 3. The summed E-state index contributed by atoms with van der Waals surface area (Å²) in [6, 6.07) is 12.9. The van der Waals surface area contributed by atoms with Gasteiger partial charge in [-0.1, -0.05) is 24.3 Å². The van der Waals surface area contributed by atoms with Crippen molar-refractivity contribution in [2.75, 3.05) is 20.3 Å². The number of rotatable bonds is 9. The molecule has 142 valence electrons. The molecule has 0 bridgehead atoms. The van der Waals surface area contributed by atoms with Gasteiger partial charge in [0.05, 0.1) is 6.61 Å². The average Bonchev–Trinajstić information content (AvgIpc) is 3.09. The third kappa shape index (κ3) is 4.67. The van der Waals surface area contributed by atoms with Crippen LogP contribution in [0, 0.1) is 0 Å². The quantitative estimate of drug-likeness (QED) is 0.504. The zero-order chi connectivity index (χ0) is 19.2. The van der Waals surface area contributed by atoms with E-state index < -0.39 is 12.0 Å². The predicted octanol–water partition coefficient (Wildman–Crippen LogP) is 3.20. The van der Waals surface area contributed by atoms with E-state index in [2.05, 4.69) is 4.98 Å². The van der Waals surface area contributed by atoms with Gasteiger partial charge >= 0.3 is 5.97 Å². The highest BCUT2D eigenvalue weighted by Gasteiger charge is 2.13. The number of carboxylic acid groups (broad SMARTS) is 1. The molecule has 0 fully saturated rings. The molecule has 1 heterocycles. The van der Waals surface area contributed by atoms with Gasteiger partial charge in [-0.2, -0.15) is 0 Å². The van der Waals surface area contributed by atoms with E-state index in [4.69, 9.17) is 20.3 Å². The van der Waals surface area contributed by atoms with Crippen LogP contribution in [-0.4, -0.2) is 42.4 Å². The van der Waals surface area contributed by atoms with Gasteiger partial charge in [-0.3, -0.25) is 4.79 Å². The minimum absolute atomic E-state index is 0.308. The predicted molar refractivity (Wildman–Crippen MR) is 105 cm³/mol. The van der Waals surface area contributed by atoms with Crippen LogP contribution in [0.4, 0.5) is 0 Å². The largest absolute Gasteiger partial charge is 0.493 e. The van der Waals surface area contributed by atoms with Crippen LogP contribution in [0.5, 0.6) is 5.75 Å². The lowest BCUT2D eigenvalue weighted by atomic mass is 10.0. The molecular weight excluding hydrogens is 344 g/mol. The molecule has 3 aromatic rings. The Balaban J connectivity index is 1.78. The van der Waals surface area contributed by atoms with Crippen LogP contribution in [0.2, 0.25) is 0 Å². The fourth-order valence-corrected chi connectivity index (χ4v) is 2.98. The van der Waals surface area contributed by atoms with Gasteiger partial charge in [0.15, 0.2) is 0 Å². The smallest absolute Gasteiger partial charge is 0.320 e. The number of aromatic amines is 1. The summed E-state index contributed by atoms with van der Waals surface area (Å²) >= 11 is 0. The van der Waals surface area contributed by atoms with Crippen molar-refractivity contribution < 1.29 is 19.4 Å². The molecule has 0 aliphatic rings. The molecule has 0 spiro atoms. The second kappa shape index (κ2) is 8.70. The van der Waals surface area contributed by atoms with E-state index in [9.17, 15) is 4.79 Å². The van der Waals surface area contributed by atoms with Crippen molar-refractivity contribution in [1.29, 1.82) is 0 Å². The van der Waals surface area contributed by atoms with Gasteiger partial charge in [0.1, 0.15) is 11.8 Å². The Kier molecular flexibility index (Phi) is 6.11. The molecule has 1 atom stereocenters. The molecule has 0 radical (unpaired) electrons. The number of carboxylic acids is 1. The number of H-pyrrole nitrogens is 1. The maximum atomic E-state index is 10.9. The Hall–Kier alpha value is -2.83.